The largest absolute Gasteiger partial charge is 0.506 e. The smallest absolute Gasteiger partial charge is 0.207 e. The van der Waals surface area contributed by atoms with Crippen molar-refractivity contribution in [1.82, 2.24) is 0 Å². The van der Waals surface area contributed by atoms with Gasteiger partial charge in [0.15, 0.2) is 0 Å². The van der Waals surface area contributed by atoms with Crippen molar-refractivity contribution in [2.45, 2.75) is 0 Å². The quantitative estimate of drug-likeness (QED) is 0.182. The SMILES string of the molecule is O=C1C(I)=C(O)C(I)=C(O)C1=C1C(=O)C(c2c(O)c(I)c(O)c(I)c2O)=C1O. The van der Waals surface area contributed by atoms with Crippen molar-refractivity contribution in [3.05, 3.63) is 48.3 Å². The lowest BCUT2D eigenvalue weighted by Gasteiger charge is -2.27. The molecule has 0 amide bonds. The number of aromatic hydroxyl groups is 3. The molecule has 8 nitrogen and oxygen atoms in total. The molecule has 12 heteroatoms. The zero-order valence-corrected chi connectivity index (χ0v) is 21.6. The standard InChI is InChI=1S/C16H6I4O8/c17-5-11(23)3(12(24)6(18)15(5)27)1-9(21)2(10(1)22)4-13(25)7(19)16(28)8(20)14(4)26/h21,23-25,27-28H. The number of hydrogen-bond donors (Lipinski definition) is 6. The van der Waals surface area contributed by atoms with Gasteiger partial charge in [0.25, 0.3) is 0 Å². The summed E-state index contributed by atoms with van der Waals surface area (Å²) >= 11 is 6.36. The molecule has 6 N–H and O–H groups in total. The molecular weight excluding hydrogens is 828 g/mol. The highest BCUT2D eigenvalue weighted by Crippen LogP contribution is 2.52. The summed E-state index contributed by atoms with van der Waals surface area (Å²) in [5.41, 5.74) is -1.84. The number of aliphatic hydroxyl groups excluding tert-OH is 3. The number of allylic oxidation sites excluding steroid dienone is 5. The average Bonchev–Trinajstić information content (AvgIpc) is 2.68. The number of carbonyl (C=O) groups is 2. The van der Waals surface area contributed by atoms with Gasteiger partial charge in [0.1, 0.15) is 38.1 Å². The minimum Gasteiger partial charge on any atom is -0.506 e. The number of carbonyl (C=O) groups excluding carboxylic acids is 2. The zero-order chi connectivity index (χ0) is 21.2. The van der Waals surface area contributed by atoms with Crippen molar-refractivity contribution >= 4 is 108 Å². The van der Waals surface area contributed by atoms with Crippen LogP contribution in [0.2, 0.25) is 0 Å². The van der Waals surface area contributed by atoms with Crippen molar-refractivity contribution < 1.29 is 40.2 Å². The van der Waals surface area contributed by atoms with E-state index in [-0.39, 0.29) is 14.3 Å². The van der Waals surface area contributed by atoms with Crippen molar-refractivity contribution in [2.75, 3.05) is 0 Å². The van der Waals surface area contributed by atoms with Gasteiger partial charge < -0.3 is 30.6 Å². The fourth-order valence-corrected chi connectivity index (χ4v) is 5.82. The topological polar surface area (TPSA) is 156 Å². The summed E-state index contributed by atoms with van der Waals surface area (Å²) < 4.78 is -0.303. The Hall–Kier alpha value is -0.760. The molecule has 0 spiro atoms. The molecule has 0 bridgehead atoms. The summed E-state index contributed by atoms with van der Waals surface area (Å²) in [6.07, 6.45) is 0. The third-order valence-corrected chi connectivity index (χ3v) is 8.09. The van der Waals surface area contributed by atoms with Gasteiger partial charge >= 0.3 is 0 Å². The molecule has 0 aliphatic heterocycles. The van der Waals surface area contributed by atoms with Crippen LogP contribution in [0.4, 0.5) is 0 Å². The number of phenols is 3. The Morgan fingerprint density at radius 3 is 1.43 bits per heavy atom. The van der Waals surface area contributed by atoms with Crippen LogP contribution in [-0.4, -0.2) is 42.2 Å². The lowest BCUT2D eigenvalue weighted by molar-refractivity contribution is -0.114. The summed E-state index contributed by atoms with van der Waals surface area (Å²) in [5.74, 6) is -5.20. The maximum atomic E-state index is 12.7. The van der Waals surface area contributed by atoms with E-state index >= 15 is 0 Å². The molecule has 0 aromatic heterocycles. The Bertz CT molecular complexity index is 1110. The summed E-state index contributed by atoms with van der Waals surface area (Å²) in [4.78, 5) is 25.2. The van der Waals surface area contributed by atoms with Crippen molar-refractivity contribution in [1.29, 1.82) is 0 Å². The summed E-state index contributed by atoms with van der Waals surface area (Å²) in [7, 11) is 0. The number of phenolic OH excluding ortho intramolecular Hbond substituents is 3. The zero-order valence-electron chi connectivity index (χ0n) is 13.0. The molecule has 0 heterocycles. The molecule has 146 valence electrons. The van der Waals surface area contributed by atoms with Gasteiger partial charge in [-0.3, -0.25) is 9.59 Å². The second kappa shape index (κ2) is 7.49. The van der Waals surface area contributed by atoms with E-state index in [9.17, 15) is 40.2 Å². The van der Waals surface area contributed by atoms with E-state index in [1.54, 1.807) is 90.4 Å². The molecule has 0 fully saturated rings. The average molecular weight is 834 g/mol. The summed E-state index contributed by atoms with van der Waals surface area (Å²) in [5, 5.41) is 60.9. The molecule has 1 aromatic rings. The van der Waals surface area contributed by atoms with Gasteiger partial charge in [0.05, 0.1) is 33.0 Å². The lowest BCUT2D eigenvalue weighted by Crippen LogP contribution is -2.28. The molecule has 2 aliphatic carbocycles. The summed E-state index contributed by atoms with van der Waals surface area (Å²) in [6.45, 7) is 0. The van der Waals surface area contributed by atoms with Gasteiger partial charge in [-0.1, -0.05) is 0 Å². The first-order valence-electron chi connectivity index (χ1n) is 7.01. The maximum Gasteiger partial charge on any atom is 0.207 e. The van der Waals surface area contributed by atoms with Gasteiger partial charge in [0.2, 0.25) is 11.6 Å². The van der Waals surface area contributed by atoms with E-state index in [1.165, 1.54) is 0 Å². The molecule has 0 unspecified atom stereocenters. The Balaban J connectivity index is 2.31. The fraction of sp³-hybridized carbons (Fsp3) is 0. The number of ketones is 2. The van der Waals surface area contributed by atoms with Gasteiger partial charge in [-0.15, -0.1) is 0 Å². The molecule has 2 aliphatic rings. The van der Waals surface area contributed by atoms with E-state index in [2.05, 4.69) is 0 Å². The highest BCUT2D eigenvalue weighted by atomic mass is 127. The first kappa shape index (κ1) is 21.9. The van der Waals surface area contributed by atoms with Crippen LogP contribution in [0, 0.1) is 7.14 Å². The monoisotopic (exact) mass is 834 g/mol. The predicted molar refractivity (Wildman–Crippen MR) is 131 cm³/mol. The lowest BCUT2D eigenvalue weighted by atomic mass is 9.78. The van der Waals surface area contributed by atoms with Crippen LogP contribution in [0.15, 0.2) is 35.6 Å². The van der Waals surface area contributed by atoms with Crippen LogP contribution < -0.4 is 0 Å². The van der Waals surface area contributed by atoms with E-state index in [0.717, 1.165) is 0 Å². The number of hydrogen-bond acceptors (Lipinski definition) is 8. The van der Waals surface area contributed by atoms with Crippen LogP contribution in [0.25, 0.3) is 5.57 Å². The number of aliphatic hydroxyl groups is 3. The Morgan fingerprint density at radius 2 is 0.964 bits per heavy atom. The number of halogens is 4. The Kier molecular flexibility index (Phi) is 5.87. The van der Waals surface area contributed by atoms with Gasteiger partial charge in [-0.25, -0.2) is 0 Å². The number of rotatable bonds is 1. The van der Waals surface area contributed by atoms with Crippen LogP contribution >= 0.6 is 90.4 Å². The molecule has 0 saturated carbocycles. The van der Waals surface area contributed by atoms with E-state index in [1.807, 2.05) is 0 Å². The Labute approximate surface area is 210 Å². The second-order valence-corrected chi connectivity index (χ2v) is 9.82. The minimum atomic E-state index is -0.898. The molecule has 28 heavy (non-hydrogen) atoms. The maximum absolute atomic E-state index is 12.7. The van der Waals surface area contributed by atoms with Gasteiger partial charge in [-0.05, 0) is 90.4 Å². The van der Waals surface area contributed by atoms with Gasteiger partial charge in [0, 0.05) is 0 Å². The van der Waals surface area contributed by atoms with E-state index in [4.69, 9.17) is 0 Å². The van der Waals surface area contributed by atoms with Crippen LogP contribution in [0.1, 0.15) is 5.56 Å². The second-order valence-electron chi connectivity index (χ2n) is 5.51. The third kappa shape index (κ3) is 2.92. The molecule has 3 rings (SSSR count). The highest BCUT2D eigenvalue weighted by Gasteiger charge is 2.45. The Morgan fingerprint density at radius 1 is 0.500 bits per heavy atom. The predicted octanol–water partition coefficient (Wildman–Crippen LogP) is 4.15. The van der Waals surface area contributed by atoms with Gasteiger partial charge in [-0.2, -0.15) is 0 Å². The minimum absolute atomic E-state index is 0.0440. The normalized spacial score (nSPS) is 20.3. The van der Waals surface area contributed by atoms with Crippen molar-refractivity contribution in [3.8, 4) is 17.2 Å². The molecule has 0 saturated heterocycles. The summed E-state index contributed by atoms with van der Waals surface area (Å²) in [6, 6.07) is 0. The van der Waals surface area contributed by atoms with Crippen LogP contribution in [0.5, 0.6) is 17.2 Å². The van der Waals surface area contributed by atoms with Crippen molar-refractivity contribution in [3.63, 3.8) is 0 Å². The number of Topliss-reactive ketones (excluding diaryl/α,β-unsaturated/α-hetero) is 2. The van der Waals surface area contributed by atoms with E-state index < -0.39 is 68.4 Å². The first-order valence-corrected chi connectivity index (χ1v) is 11.3. The third-order valence-electron chi connectivity index (χ3n) is 4.02. The fourth-order valence-electron chi connectivity index (χ4n) is 2.63. The highest BCUT2D eigenvalue weighted by molar-refractivity contribution is 14.1. The molecule has 0 atom stereocenters. The molecule has 0 radical (unpaired) electrons. The van der Waals surface area contributed by atoms with Crippen LogP contribution in [-0.2, 0) is 9.59 Å². The first-order chi connectivity index (χ1) is 12.9. The molecular formula is C16H6I4O8. The van der Waals surface area contributed by atoms with E-state index in [0.29, 0.717) is 0 Å². The number of benzene rings is 1. The molecule has 1 aromatic carbocycles. The van der Waals surface area contributed by atoms with Crippen LogP contribution in [0.3, 0.4) is 0 Å². The van der Waals surface area contributed by atoms with Crippen molar-refractivity contribution in [2.24, 2.45) is 0 Å².